The summed E-state index contributed by atoms with van der Waals surface area (Å²) in [6, 6.07) is 0. The minimum Gasteiger partial charge on any atom is -0.462 e. The molecule has 58 heavy (non-hydrogen) atoms. The summed E-state index contributed by atoms with van der Waals surface area (Å²) in [4.78, 5) is 34.6. The van der Waals surface area contributed by atoms with Gasteiger partial charge in [-0.2, -0.15) is 0 Å². The van der Waals surface area contributed by atoms with Gasteiger partial charge in [0.15, 0.2) is 6.10 Å². The van der Waals surface area contributed by atoms with E-state index >= 15 is 0 Å². The predicted octanol–water partition coefficient (Wildman–Crippen LogP) is 14.3. The molecule has 2 unspecified atom stereocenters. The van der Waals surface area contributed by atoms with E-state index in [0.29, 0.717) is 6.42 Å². The van der Waals surface area contributed by atoms with Gasteiger partial charge in [-0.3, -0.25) is 18.6 Å². The standard InChI is InChI=1S/C48H92NO8P/c1-3-5-7-9-11-12-13-14-15-16-17-18-19-20-21-22-23-24-25-26-27-28-29-30-31-32-33-34-35-37-39-41-48(51)57-46(45-56-58(52,53)55-43-42-49)44-54-47(50)40-38-36-10-8-6-4-2/h13-14,16-17,46H,3-12,15,18-45,49H2,1-2H3,(H,52,53)/b14-13-,17-16-. The first kappa shape index (κ1) is 56.5. The van der Waals surface area contributed by atoms with Gasteiger partial charge in [0.05, 0.1) is 13.2 Å². The Morgan fingerprint density at radius 1 is 0.517 bits per heavy atom. The van der Waals surface area contributed by atoms with Crippen LogP contribution in [0.4, 0.5) is 0 Å². The molecule has 0 fully saturated rings. The van der Waals surface area contributed by atoms with Crippen LogP contribution in [-0.4, -0.2) is 49.3 Å². The number of nitrogens with two attached hydrogens (primary N) is 1. The monoisotopic (exact) mass is 842 g/mol. The zero-order chi connectivity index (χ0) is 42.5. The summed E-state index contributed by atoms with van der Waals surface area (Å²) in [5.74, 6) is -0.829. The van der Waals surface area contributed by atoms with Gasteiger partial charge in [0, 0.05) is 19.4 Å². The smallest absolute Gasteiger partial charge is 0.462 e. The third-order valence-corrected chi connectivity index (χ3v) is 11.6. The molecule has 0 amide bonds. The van der Waals surface area contributed by atoms with Crippen LogP contribution in [0.2, 0.25) is 0 Å². The van der Waals surface area contributed by atoms with Gasteiger partial charge in [-0.15, -0.1) is 0 Å². The summed E-state index contributed by atoms with van der Waals surface area (Å²) >= 11 is 0. The van der Waals surface area contributed by atoms with Crippen molar-refractivity contribution in [3.8, 4) is 0 Å². The van der Waals surface area contributed by atoms with Crippen molar-refractivity contribution in [2.45, 2.75) is 245 Å². The van der Waals surface area contributed by atoms with Gasteiger partial charge in [-0.25, -0.2) is 4.57 Å². The minimum absolute atomic E-state index is 0.0558. The number of hydrogen-bond acceptors (Lipinski definition) is 8. The Kier molecular flexibility index (Phi) is 43.9. The number of unbranched alkanes of at least 4 members (excludes halogenated alkanes) is 29. The van der Waals surface area contributed by atoms with Crippen LogP contribution in [0.25, 0.3) is 0 Å². The van der Waals surface area contributed by atoms with Crippen molar-refractivity contribution in [2.75, 3.05) is 26.4 Å². The normalized spacial score (nSPS) is 13.4. The fraction of sp³-hybridized carbons (Fsp3) is 0.875. The maximum atomic E-state index is 12.6. The summed E-state index contributed by atoms with van der Waals surface area (Å²) in [7, 11) is -4.36. The SMILES string of the molecule is CCCCCCC/C=C\C/C=C\CCCCCCCCCCCCCCCCCCCCCC(=O)OC(COC(=O)CCCCCCCC)COP(=O)(O)OCCN. The van der Waals surface area contributed by atoms with Crippen molar-refractivity contribution in [3.63, 3.8) is 0 Å². The summed E-state index contributed by atoms with van der Waals surface area (Å²) in [5.41, 5.74) is 5.33. The molecular formula is C48H92NO8P. The average Bonchev–Trinajstić information content (AvgIpc) is 3.21. The first-order valence-electron chi connectivity index (χ1n) is 24.3. The number of allylic oxidation sites excluding steroid dienone is 4. The first-order chi connectivity index (χ1) is 28.3. The van der Waals surface area contributed by atoms with Crippen molar-refractivity contribution in [1.82, 2.24) is 0 Å². The van der Waals surface area contributed by atoms with Crippen LogP contribution in [0.1, 0.15) is 239 Å². The number of phosphoric ester groups is 1. The van der Waals surface area contributed by atoms with Gasteiger partial charge in [0.1, 0.15) is 6.61 Å². The highest BCUT2D eigenvalue weighted by atomic mass is 31.2. The summed E-state index contributed by atoms with van der Waals surface area (Å²) in [6.45, 7) is 3.67. The van der Waals surface area contributed by atoms with E-state index in [2.05, 4.69) is 38.2 Å². The lowest BCUT2D eigenvalue weighted by Crippen LogP contribution is -2.29. The molecule has 0 aromatic rings. The molecule has 0 aliphatic rings. The van der Waals surface area contributed by atoms with Crippen LogP contribution in [0, 0.1) is 0 Å². The topological polar surface area (TPSA) is 134 Å². The molecule has 0 saturated carbocycles. The molecule has 0 aromatic heterocycles. The molecule has 3 N–H and O–H groups in total. The van der Waals surface area contributed by atoms with E-state index in [1.54, 1.807) is 0 Å². The average molecular weight is 842 g/mol. The van der Waals surface area contributed by atoms with E-state index in [-0.39, 0.29) is 38.6 Å². The van der Waals surface area contributed by atoms with Gasteiger partial charge >= 0.3 is 19.8 Å². The molecule has 0 radical (unpaired) electrons. The zero-order valence-electron chi connectivity index (χ0n) is 37.8. The number of esters is 2. The quantitative estimate of drug-likeness (QED) is 0.0266. The highest BCUT2D eigenvalue weighted by Gasteiger charge is 2.26. The molecule has 9 nitrogen and oxygen atoms in total. The van der Waals surface area contributed by atoms with Gasteiger partial charge in [-0.05, 0) is 44.9 Å². The van der Waals surface area contributed by atoms with Crippen LogP contribution in [0.3, 0.4) is 0 Å². The van der Waals surface area contributed by atoms with Crippen LogP contribution in [0.5, 0.6) is 0 Å². The van der Waals surface area contributed by atoms with E-state index in [4.69, 9.17) is 24.3 Å². The van der Waals surface area contributed by atoms with Crippen LogP contribution in [-0.2, 0) is 32.7 Å². The van der Waals surface area contributed by atoms with Crippen LogP contribution >= 0.6 is 7.82 Å². The summed E-state index contributed by atoms with van der Waals surface area (Å²) in [6.07, 6.45) is 49.9. The Balaban J connectivity index is 3.76. The number of carbonyl (C=O) groups excluding carboxylic acids is 2. The van der Waals surface area contributed by atoms with Gasteiger partial charge in [0.25, 0.3) is 0 Å². The van der Waals surface area contributed by atoms with Crippen molar-refractivity contribution in [1.29, 1.82) is 0 Å². The largest absolute Gasteiger partial charge is 0.472 e. The molecule has 10 heteroatoms. The Hall–Kier alpha value is -1.51. The number of rotatable bonds is 46. The molecule has 0 rings (SSSR count). The first-order valence-corrected chi connectivity index (χ1v) is 25.8. The van der Waals surface area contributed by atoms with Crippen molar-refractivity contribution < 1.29 is 37.6 Å². The molecular weight excluding hydrogens is 750 g/mol. The van der Waals surface area contributed by atoms with E-state index in [1.807, 2.05) is 0 Å². The van der Waals surface area contributed by atoms with Crippen molar-refractivity contribution in [2.24, 2.45) is 5.73 Å². The third kappa shape index (κ3) is 44.1. The highest BCUT2D eigenvalue weighted by molar-refractivity contribution is 7.47. The van der Waals surface area contributed by atoms with E-state index in [1.165, 1.54) is 161 Å². The summed E-state index contributed by atoms with van der Waals surface area (Å²) < 4.78 is 32.6. The van der Waals surface area contributed by atoms with Crippen molar-refractivity contribution >= 4 is 19.8 Å². The molecule has 0 aromatic carbocycles. The maximum absolute atomic E-state index is 12.6. The molecule has 342 valence electrons. The molecule has 0 aliphatic carbocycles. The maximum Gasteiger partial charge on any atom is 0.472 e. The molecule has 0 spiro atoms. The zero-order valence-corrected chi connectivity index (χ0v) is 38.7. The predicted molar refractivity (Wildman–Crippen MR) is 243 cm³/mol. The lowest BCUT2D eigenvalue weighted by Gasteiger charge is -2.19. The number of ether oxygens (including phenoxy) is 2. The second kappa shape index (κ2) is 45.0. The Labute approximate surface area is 357 Å². The van der Waals surface area contributed by atoms with Gasteiger partial charge < -0.3 is 20.1 Å². The Morgan fingerprint density at radius 3 is 1.31 bits per heavy atom. The van der Waals surface area contributed by atoms with Crippen LogP contribution in [0.15, 0.2) is 24.3 Å². The summed E-state index contributed by atoms with van der Waals surface area (Å²) in [5, 5.41) is 0. The van der Waals surface area contributed by atoms with Crippen LogP contribution < -0.4 is 5.73 Å². The van der Waals surface area contributed by atoms with Gasteiger partial charge in [0.2, 0.25) is 0 Å². The molecule has 0 heterocycles. The highest BCUT2D eigenvalue weighted by Crippen LogP contribution is 2.43. The Bertz CT molecular complexity index is 1010. The number of carbonyl (C=O) groups is 2. The molecule has 0 saturated heterocycles. The molecule has 0 bridgehead atoms. The fourth-order valence-electron chi connectivity index (χ4n) is 6.96. The number of phosphoric acid groups is 1. The second-order valence-electron chi connectivity index (χ2n) is 16.3. The van der Waals surface area contributed by atoms with E-state index in [9.17, 15) is 19.0 Å². The third-order valence-electron chi connectivity index (χ3n) is 10.6. The van der Waals surface area contributed by atoms with Crippen molar-refractivity contribution in [3.05, 3.63) is 24.3 Å². The Morgan fingerprint density at radius 2 is 0.897 bits per heavy atom. The lowest BCUT2D eigenvalue weighted by molar-refractivity contribution is -0.161. The number of hydrogen-bond donors (Lipinski definition) is 2. The van der Waals surface area contributed by atoms with Gasteiger partial charge in [-0.1, -0.05) is 205 Å². The lowest BCUT2D eigenvalue weighted by atomic mass is 10.0. The minimum atomic E-state index is -4.36. The van der Waals surface area contributed by atoms with E-state index < -0.39 is 26.5 Å². The van der Waals surface area contributed by atoms with E-state index in [0.717, 1.165) is 44.9 Å². The molecule has 2 atom stereocenters. The second-order valence-corrected chi connectivity index (χ2v) is 17.8. The fourth-order valence-corrected chi connectivity index (χ4v) is 7.73. The molecule has 0 aliphatic heterocycles.